The highest BCUT2D eigenvalue weighted by Crippen LogP contribution is 2.16. The van der Waals surface area contributed by atoms with Crippen LogP contribution in [0.1, 0.15) is 31.1 Å². The summed E-state index contributed by atoms with van der Waals surface area (Å²) in [6.07, 6.45) is 0.597. The maximum Gasteiger partial charge on any atom is 0.231 e. The summed E-state index contributed by atoms with van der Waals surface area (Å²) in [5.41, 5.74) is 1.04. The molecule has 1 aromatic heterocycles. The SMILES string of the molecule is CC(C)SCc1noc(Cc2ccc(O)cc2)n1. The number of benzene rings is 1. The lowest BCUT2D eigenvalue weighted by molar-refractivity contribution is 0.381. The third-order valence-corrected chi connectivity index (χ3v) is 3.44. The van der Waals surface area contributed by atoms with Gasteiger partial charge in [-0.3, -0.25) is 0 Å². The molecule has 0 bridgehead atoms. The molecule has 0 unspecified atom stereocenters. The molecule has 18 heavy (non-hydrogen) atoms. The van der Waals surface area contributed by atoms with Crippen molar-refractivity contribution in [1.82, 2.24) is 10.1 Å². The number of thioether (sulfide) groups is 1. The molecule has 0 aliphatic heterocycles. The summed E-state index contributed by atoms with van der Waals surface area (Å²) < 4.78 is 5.19. The first-order valence-corrected chi connectivity index (χ1v) is 6.89. The quantitative estimate of drug-likeness (QED) is 0.899. The van der Waals surface area contributed by atoms with Crippen molar-refractivity contribution in [2.45, 2.75) is 31.3 Å². The molecule has 0 radical (unpaired) electrons. The van der Waals surface area contributed by atoms with Crippen LogP contribution in [0, 0.1) is 0 Å². The van der Waals surface area contributed by atoms with Gasteiger partial charge in [-0.05, 0) is 22.9 Å². The van der Waals surface area contributed by atoms with Crippen molar-refractivity contribution in [3.05, 3.63) is 41.5 Å². The second-order valence-electron chi connectivity index (χ2n) is 4.31. The van der Waals surface area contributed by atoms with Gasteiger partial charge in [-0.1, -0.05) is 31.1 Å². The van der Waals surface area contributed by atoms with Gasteiger partial charge in [-0.2, -0.15) is 16.7 Å². The lowest BCUT2D eigenvalue weighted by Gasteiger charge is -1.99. The number of phenols is 1. The molecule has 0 saturated heterocycles. The van der Waals surface area contributed by atoms with Gasteiger partial charge in [0.1, 0.15) is 5.75 Å². The monoisotopic (exact) mass is 264 g/mol. The first kappa shape index (κ1) is 13.0. The molecule has 2 rings (SSSR count). The van der Waals surface area contributed by atoms with Crippen molar-refractivity contribution >= 4 is 11.8 Å². The summed E-state index contributed by atoms with van der Waals surface area (Å²) in [6, 6.07) is 7.01. The minimum absolute atomic E-state index is 0.262. The Bertz CT molecular complexity index is 494. The Kier molecular flexibility index (Phi) is 4.25. The van der Waals surface area contributed by atoms with E-state index in [-0.39, 0.29) is 5.75 Å². The Labute approximate surface area is 110 Å². The Morgan fingerprint density at radius 1 is 1.28 bits per heavy atom. The molecular formula is C13H16N2O2S. The van der Waals surface area contributed by atoms with Gasteiger partial charge >= 0.3 is 0 Å². The van der Waals surface area contributed by atoms with Crippen molar-refractivity contribution < 1.29 is 9.63 Å². The number of hydrogen-bond donors (Lipinski definition) is 1. The van der Waals surface area contributed by atoms with Crippen LogP contribution in [-0.2, 0) is 12.2 Å². The van der Waals surface area contributed by atoms with Crippen molar-refractivity contribution in [3.63, 3.8) is 0 Å². The lowest BCUT2D eigenvalue weighted by atomic mass is 10.1. The van der Waals surface area contributed by atoms with Crippen LogP contribution in [0.25, 0.3) is 0 Å². The molecule has 0 atom stereocenters. The molecule has 0 saturated carbocycles. The van der Waals surface area contributed by atoms with E-state index < -0.39 is 0 Å². The van der Waals surface area contributed by atoms with E-state index in [4.69, 9.17) is 4.52 Å². The number of aromatic hydroxyl groups is 1. The zero-order valence-corrected chi connectivity index (χ0v) is 11.3. The van der Waals surface area contributed by atoms with Gasteiger partial charge < -0.3 is 9.63 Å². The molecule has 0 spiro atoms. The fourth-order valence-corrected chi connectivity index (χ4v) is 2.05. The summed E-state index contributed by atoms with van der Waals surface area (Å²) in [7, 11) is 0. The predicted octanol–water partition coefficient (Wildman–Crippen LogP) is 3.01. The second kappa shape index (κ2) is 5.91. The molecular weight excluding hydrogens is 248 g/mol. The van der Waals surface area contributed by atoms with E-state index >= 15 is 0 Å². The molecule has 2 aromatic rings. The van der Waals surface area contributed by atoms with Gasteiger partial charge in [0.25, 0.3) is 0 Å². The first-order chi connectivity index (χ1) is 8.63. The maximum atomic E-state index is 9.19. The van der Waals surface area contributed by atoms with Crippen LogP contribution in [0.15, 0.2) is 28.8 Å². The molecule has 1 heterocycles. The average molecular weight is 264 g/mol. The third-order valence-electron chi connectivity index (χ3n) is 2.35. The van der Waals surface area contributed by atoms with Crippen LogP contribution in [0.5, 0.6) is 5.75 Å². The Morgan fingerprint density at radius 3 is 2.67 bits per heavy atom. The van der Waals surface area contributed by atoms with Crippen LogP contribution in [0.2, 0.25) is 0 Å². The molecule has 1 aromatic carbocycles. The smallest absolute Gasteiger partial charge is 0.231 e. The van der Waals surface area contributed by atoms with Gasteiger partial charge in [0.15, 0.2) is 5.82 Å². The normalized spacial score (nSPS) is 11.1. The van der Waals surface area contributed by atoms with Crippen LogP contribution < -0.4 is 0 Å². The van der Waals surface area contributed by atoms with Crippen LogP contribution >= 0.6 is 11.8 Å². The van der Waals surface area contributed by atoms with Gasteiger partial charge in [0.2, 0.25) is 5.89 Å². The first-order valence-electron chi connectivity index (χ1n) is 5.84. The number of hydrogen-bond acceptors (Lipinski definition) is 5. The molecule has 5 heteroatoms. The van der Waals surface area contributed by atoms with Crippen LogP contribution in [0.3, 0.4) is 0 Å². The van der Waals surface area contributed by atoms with Crippen LogP contribution in [0.4, 0.5) is 0 Å². The largest absolute Gasteiger partial charge is 0.508 e. The number of aromatic nitrogens is 2. The van der Waals surface area contributed by atoms with E-state index in [1.807, 2.05) is 12.1 Å². The highest BCUT2D eigenvalue weighted by atomic mass is 32.2. The van der Waals surface area contributed by atoms with Gasteiger partial charge in [0.05, 0.1) is 12.2 Å². The summed E-state index contributed by atoms with van der Waals surface area (Å²) in [4.78, 5) is 4.34. The predicted molar refractivity (Wildman–Crippen MR) is 71.6 cm³/mol. The second-order valence-corrected chi connectivity index (χ2v) is 5.87. The Balaban J connectivity index is 1.95. The standard InChI is InChI=1S/C13H16N2O2S/c1-9(2)18-8-12-14-13(17-15-12)7-10-3-5-11(16)6-4-10/h3-6,9,16H,7-8H2,1-2H3. The Hall–Kier alpha value is -1.49. The van der Waals surface area contributed by atoms with Gasteiger partial charge in [-0.25, -0.2) is 0 Å². The van der Waals surface area contributed by atoms with E-state index in [0.717, 1.165) is 17.1 Å². The molecule has 96 valence electrons. The number of nitrogens with zero attached hydrogens (tertiary/aromatic N) is 2. The van der Waals surface area contributed by atoms with E-state index in [0.29, 0.717) is 17.6 Å². The maximum absolute atomic E-state index is 9.19. The minimum Gasteiger partial charge on any atom is -0.508 e. The molecule has 0 aliphatic rings. The van der Waals surface area contributed by atoms with E-state index in [9.17, 15) is 5.11 Å². The number of phenolic OH excluding ortho intramolecular Hbond substituents is 1. The topological polar surface area (TPSA) is 59.2 Å². The van der Waals surface area contributed by atoms with E-state index in [1.165, 1.54) is 0 Å². The third kappa shape index (κ3) is 3.77. The fourth-order valence-electron chi connectivity index (χ4n) is 1.45. The highest BCUT2D eigenvalue weighted by molar-refractivity contribution is 7.99. The summed E-state index contributed by atoms with van der Waals surface area (Å²) in [6.45, 7) is 4.28. The van der Waals surface area contributed by atoms with Gasteiger partial charge in [-0.15, -0.1) is 0 Å². The summed E-state index contributed by atoms with van der Waals surface area (Å²) >= 11 is 1.79. The van der Waals surface area contributed by atoms with Gasteiger partial charge in [0, 0.05) is 0 Å². The minimum atomic E-state index is 0.262. The molecule has 0 aliphatic carbocycles. The fraction of sp³-hybridized carbons (Fsp3) is 0.385. The lowest BCUT2D eigenvalue weighted by Crippen LogP contribution is -1.92. The molecule has 4 nitrogen and oxygen atoms in total. The van der Waals surface area contributed by atoms with Crippen LogP contribution in [-0.4, -0.2) is 20.5 Å². The molecule has 0 amide bonds. The zero-order valence-electron chi connectivity index (χ0n) is 10.5. The molecule has 1 N–H and O–H groups in total. The van der Waals surface area contributed by atoms with Crippen molar-refractivity contribution in [1.29, 1.82) is 0 Å². The van der Waals surface area contributed by atoms with E-state index in [1.54, 1.807) is 23.9 Å². The van der Waals surface area contributed by atoms with Crippen molar-refractivity contribution in [3.8, 4) is 5.75 Å². The van der Waals surface area contributed by atoms with Crippen molar-refractivity contribution in [2.24, 2.45) is 0 Å². The average Bonchev–Trinajstić information content (AvgIpc) is 2.77. The summed E-state index contributed by atoms with van der Waals surface area (Å²) in [5, 5.41) is 13.7. The van der Waals surface area contributed by atoms with Crippen molar-refractivity contribution in [2.75, 3.05) is 0 Å². The summed E-state index contributed by atoms with van der Waals surface area (Å²) in [5.74, 6) is 2.39. The highest BCUT2D eigenvalue weighted by Gasteiger charge is 2.08. The molecule has 0 fully saturated rings. The van der Waals surface area contributed by atoms with E-state index in [2.05, 4.69) is 24.0 Å². The zero-order chi connectivity index (χ0) is 13.0. The Morgan fingerprint density at radius 2 is 2.00 bits per heavy atom. The number of rotatable bonds is 5.